The van der Waals surface area contributed by atoms with Crippen LogP contribution in [-0.4, -0.2) is 29.6 Å². The number of allylic oxidation sites excluding steroid dienone is 4. The Morgan fingerprint density at radius 2 is 1.36 bits per heavy atom. The third kappa shape index (κ3) is 5.43. The van der Waals surface area contributed by atoms with Gasteiger partial charge in [-0.15, -0.1) is 0 Å². The van der Waals surface area contributed by atoms with Crippen molar-refractivity contribution in [2.75, 3.05) is 7.11 Å². The average Bonchev–Trinajstić information content (AvgIpc) is 2.94. The Bertz CT molecular complexity index is 1390. The van der Waals surface area contributed by atoms with E-state index in [1.807, 2.05) is 48.5 Å². The van der Waals surface area contributed by atoms with Gasteiger partial charge in [-0.25, -0.2) is 0 Å². The van der Waals surface area contributed by atoms with Crippen LogP contribution in [0.3, 0.4) is 0 Å². The standard InChI is InChI=1S/C37H45NO4/c1-36(2)19-27-34(29(39)21-36)33(25-16-17-31(32(18-25)41-5)42-23-24-12-8-6-9-13-24)35-28(20-37(3,4)22-30(35)40)38(27)26-14-10-7-11-15-26/h6,8-9,12-13,16-18,26,33H,7,10-11,14-15,19-23H2,1-5H3. The van der Waals surface area contributed by atoms with Crippen LogP contribution in [0, 0.1) is 10.8 Å². The van der Waals surface area contributed by atoms with Gasteiger partial charge in [0.2, 0.25) is 0 Å². The first-order valence-electron chi connectivity index (χ1n) is 15.7. The lowest BCUT2D eigenvalue weighted by Crippen LogP contribution is -2.48. The van der Waals surface area contributed by atoms with Crippen LogP contribution in [-0.2, 0) is 16.2 Å². The van der Waals surface area contributed by atoms with Crippen LogP contribution in [0.2, 0.25) is 0 Å². The summed E-state index contributed by atoms with van der Waals surface area (Å²) in [5.74, 6) is 1.26. The molecule has 5 nitrogen and oxygen atoms in total. The summed E-state index contributed by atoms with van der Waals surface area (Å²) >= 11 is 0. The SMILES string of the molecule is COc1cc(C2C3=C(CC(C)(C)CC3=O)N(C3CCCCC3)C3=C2C(=O)CC(C)(C)C3)ccc1OCc1ccccc1. The van der Waals surface area contributed by atoms with E-state index >= 15 is 0 Å². The maximum Gasteiger partial charge on any atom is 0.162 e. The van der Waals surface area contributed by atoms with Crippen LogP contribution in [0.1, 0.15) is 103 Å². The summed E-state index contributed by atoms with van der Waals surface area (Å²) in [6.07, 6.45) is 8.59. The second-order valence-electron chi connectivity index (χ2n) is 14.4. The van der Waals surface area contributed by atoms with Gasteiger partial charge >= 0.3 is 0 Å². The Labute approximate surface area is 251 Å². The lowest BCUT2D eigenvalue weighted by molar-refractivity contribution is -0.119. The number of nitrogens with zero attached hydrogens (tertiary/aromatic N) is 1. The Kier molecular flexibility index (Phi) is 7.57. The van der Waals surface area contributed by atoms with E-state index in [0.29, 0.717) is 37.0 Å². The van der Waals surface area contributed by atoms with Crippen LogP contribution in [0.4, 0.5) is 0 Å². The topological polar surface area (TPSA) is 55.8 Å². The van der Waals surface area contributed by atoms with Gasteiger partial charge in [0.15, 0.2) is 23.1 Å². The van der Waals surface area contributed by atoms with Gasteiger partial charge in [0, 0.05) is 47.3 Å². The molecule has 0 N–H and O–H groups in total. The molecule has 3 aliphatic carbocycles. The number of methoxy groups -OCH3 is 1. The van der Waals surface area contributed by atoms with Crippen LogP contribution >= 0.6 is 0 Å². The third-order valence-electron chi connectivity index (χ3n) is 9.65. The van der Waals surface area contributed by atoms with Crippen molar-refractivity contribution in [1.29, 1.82) is 0 Å². The molecule has 0 bridgehead atoms. The molecule has 42 heavy (non-hydrogen) atoms. The van der Waals surface area contributed by atoms with E-state index in [4.69, 9.17) is 9.47 Å². The summed E-state index contributed by atoms with van der Waals surface area (Å²) in [6.45, 7) is 9.28. The fraction of sp³-hybridized carbons (Fsp3) is 0.514. The molecule has 4 aliphatic rings. The predicted octanol–water partition coefficient (Wildman–Crippen LogP) is 8.29. The van der Waals surface area contributed by atoms with Gasteiger partial charge in [0.25, 0.3) is 0 Å². The number of hydrogen-bond acceptors (Lipinski definition) is 5. The smallest absolute Gasteiger partial charge is 0.162 e. The molecule has 1 heterocycles. The van der Waals surface area contributed by atoms with Gasteiger partial charge in [0.05, 0.1) is 7.11 Å². The highest BCUT2D eigenvalue weighted by Gasteiger charge is 2.50. The van der Waals surface area contributed by atoms with E-state index in [1.165, 1.54) is 30.7 Å². The number of ether oxygens (including phenoxy) is 2. The lowest BCUT2D eigenvalue weighted by atomic mass is 9.63. The summed E-state index contributed by atoms with van der Waals surface area (Å²) in [4.78, 5) is 30.9. The zero-order valence-electron chi connectivity index (χ0n) is 25.9. The van der Waals surface area contributed by atoms with E-state index in [9.17, 15) is 9.59 Å². The van der Waals surface area contributed by atoms with Crippen LogP contribution in [0.15, 0.2) is 71.1 Å². The van der Waals surface area contributed by atoms with Crippen molar-refractivity contribution in [2.45, 2.75) is 104 Å². The van der Waals surface area contributed by atoms with Crippen LogP contribution in [0.25, 0.3) is 0 Å². The van der Waals surface area contributed by atoms with Gasteiger partial charge in [-0.05, 0) is 59.8 Å². The zero-order chi connectivity index (χ0) is 29.6. The molecule has 0 spiro atoms. The number of benzene rings is 2. The molecule has 0 saturated heterocycles. The normalized spacial score (nSPS) is 22.6. The van der Waals surface area contributed by atoms with Crippen molar-refractivity contribution >= 4 is 11.6 Å². The highest BCUT2D eigenvalue weighted by molar-refractivity contribution is 6.06. The first-order valence-corrected chi connectivity index (χ1v) is 15.7. The molecule has 222 valence electrons. The van der Waals surface area contributed by atoms with Gasteiger partial charge < -0.3 is 14.4 Å². The molecule has 1 saturated carbocycles. The highest BCUT2D eigenvalue weighted by Crippen LogP contribution is 2.56. The number of ketones is 2. The Balaban J connectivity index is 1.48. The molecule has 5 heteroatoms. The number of rotatable bonds is 6. The number of carbonyl (C=O) groups is 2. The van der Waals surface area contributed by atoms with Gasteiger partial charge in [0.1, 0.15) is 6.61 Å². The molecular weight excluding hydrogens is 522 g/mol. The first kappa shape index (κ1) is 28.8. The molecular formula is C37H45NO4. The summed E-state index contributed by atoms with van der Waals surface area (Å²) < 4.78 is 12.0. The minimum Gasteiger partial charge on any atom is -0.493 e. The number of Topliss-reactive ketones (excluding diaryl/α,β-unsaturated/α-hetero) is 2. The van der Waals surface area contributed by atoms with E-state index < -0.39 is 0 Å². The summed E-state index contributed by atoms with van der Waals surface area (Å²) in [7, 11) is 1.65. The molecule has 2 aromatic rings. The third-order valence-corrected chi connectivity index (χ3v) is 9.65. The molecule has 0 amide bonds. The van der Waals surface area contributed by atoms with Gasteiger partial charge in [-0.2, -0.15) is 0 Å². The average molecular weight is 568 g/mol. The maximum atomic E-state index is 14.2. The molecule has 1 aliphatic heterocycles. The van der Waals surface area contributed by atoms with Crippen LogP contribution < -0.4 is 9.47 Å². The zero-order valence-corrected chi connectivity index (χ0v) is 25.9. The number of hydrogen-bond donors (Lipinski definition) is 0. The molecule has 2 aromatic carbocycles. The Morgan fingerprint density at radius 1 is 0.762 bits per heavy atom. The Hall–Kier alpha value is -3.34. The number of carbonyl (C=O) groups excluding carboxylic acids is 2. The van der Waals surface area contributed by atoms with Crippen molar-refractivity contribution in [3.8, 4) is 11.5 Å². The van der Waals surface area contributed by atoms with E-state index in [-0.39, 0.29) is 28.3 Å². The maximum absolute atomic E-state index is 14.2. The van der Waals surface area contributed by atoms with Crippen molar-refractivity contribution in [2.24, 2.45) is 10.8 Å². The van der Waals surface area contributed by atoms with Crippen LogP contribution in [0.5, 0.6) is 11.5 Å². The quantitative estimate of drug-likeness (QED) is 0.351. The fourth-order valence-corrected chi connectivity index (χ4v) is 7.83. The minimum absolute atomic E-state index is 0.119. The van der Waals surface area contributed by atoms with Gasteiger partial charge in [-0.1, -0.05) is 83.4 Å². The molecule has 0 aromatic heterocycles. The molecule has 6 rings (SSSR count). The van der Waals surface area contributed by atoms with Crippen molar-refractivity contribution in [3.63, 3.8) is 0 Å². The van der Waals surface area contributed by atoms with Gasteiger partial charge in [-0.3, -0.25) is 9.59 Å². The van der Waals surface area contributed by atoms with Crippen molar-refractivity contribution in [1.82, 2.24) is 4.90 Å². The van der Waals surface area contributed by atoms with Crippen molar-refractivity contribution < 1.29 is 19.1 Å². The Morgan fingerprint density at radius 3 is 1.93 bits per heavy atom. The molecule has 0 unspecified atom stereocenters. The first-order chi connectivity index (χ1) is 20.1. The summed E-state index contributed by atoms with van der Waals surface area (Å²) in [5, 5.41) is 0. The monoisotopic (exact) mass is 567 g/mol. The van der Waals surface area contributed by atoms with Crippen molar-refractivity contribution in [3.05, 3.63) is 82.2 Å². The molecule has 1 fully saturated rings. The minimum atomic E-state index is -0.376. The largest absolute Gasteiger partial charge is 0.493 e. The molecule has 0 atom stereocenters. The second kappa shape index (κ2) is 11.1. The fourth-order valence-electron chi connectivity index (χ4n) is 7.83. The van der Waals surface area contributed by atoms with E-state index in [2.05, 4.69) is 32.6 Å². The predicted molar refractivity (Wildman–Crippen MR) is 165 cm³/mol. The molecule has 0 radical (unpaired) electrons. The highest BCUT2D eigenvalue weighted by atomic mass is 16.5. The lowest BCUT2D eigenvalue weighted by Gasteiger charge is -2.52. The summed E-state index contributed by atoms with van der Waals surface area (Å²) in [5.41, 5.74) is 5.79. The second-order valence-corrected chi connectivity index (χ2v) is 14.4. The van der Waals surface area contributed by atoms with E-state index in [0.717, 1.165) is 48.0 Å². The summed E-state index contributed by atoms with van der Waals surface area (Å²) in [6, 6.07) is 16.4. The van der Waals surface area contributed by atoms with E-state index in [1.54, 1.807) is 7.11 Å².